The van der Waals surface area contributed by atoms with E-state index >= 15 is 0 Å². The van der Waals surface area contributed by atoms with Crippen molar-refractivity contribution in [1.82, 2.24) is 15.3 Å². The molecule has 0 aliphatic heterocycles. The summed E-state index contributed by atoms with van der Waals surface area (Å²) in [4.78, 5) is 8.24. The molecule has 4 heteroatoms. The Morgan fingerprint density at radius 3 is 2.94 bits per heavy atom. The molecule has 1 atom stereocenters. The van der Waals surface area contributed by atoms with Crippen LogP contribution in [0, 0.1) is 6.92 Å². The number of aromatic nitrogens is 2. The summed E-state index contributed by atoms with van der Waals surface area (Å²) in [6.45, 7) is 4.68. The molecule has 0 aromatic carbocycles. The van der Waals surface area contributed by atoms with Crippen molar-refractivity contribution in [3.63, 3.8) is 0 Å². The molecule has 16 heavy (non-hydrogen) atoms. The number of nitrogens with zero attached hydrogens (tertiary/aromatic N) is 2. The monoisotopic (exact) mass is 217 g/mol. The number of nitrogens with one attached hydrogen (secondary N) is 1. The highest BCUT2D eigenvalue weighted by molar-refractivity contribution is 5.08. The lowest BCUT2D eigenvalue weighted by Gasteiger charge is -2.09. The van der Waals surface area contributed by atoms with Crippen LogP contribution >= 0.6 is 0 Å². The number of hydrogen-bond donors (Lipinski definition) is 1. The van der Waals surface area contributed by atoms with Crippen molar-refractivity contribution < 1.29 is 4.42 Å². The van der Waals surface area contributed by atoms with Crippen LogP contribution < -0.4 is 5.32 Å². The van der Waals surface area contributed by atoms with E-state index in [0.717, 1.165) is 23.8 Å². The Bertz CT molecular complexity index is 439. The number of oxazole rings is 1. The first-order chi connectivity index (χ1) is 7.75. The summed E-state index contributed by atoms with van der Waals surface area (Å²) in [7, 11) is 0. The molecule has 2 heterocycles. The first-order valence-electron chi connectivity index (χ1n) is 5.30. The van der Waals surface area contributed by atoms with Crippen LogP contribution in [0.4, 0.5) is 0 Å². The Morgan fingerprint density at radius 2 is 2.31 bits per heavy atom. The van der Waals surface area contributed by atoms with Crippen molar-refractivity contribution in [2.75, 3.05) is 0 Å². The van der Waals surface area contributed by atoms with Gasteiger partial charge in [0.25, 0.3) is 0 Å². The predicted molar refractivity (Wildman–Crippen MR) is 60.7 cm³/mol. The lowest BCUT2D eigenvalue weighted by Crippen LogP contribution is -2.18. The van der Waals surface area contributed by atoms with Crippen LogP contribution in [0.5, 0.6) is 0 Å². The van der Waals surface area contributed by atoms with Gasteiger partial charge in [0.1, 0.15) is 5.76 Å². The molecule has 0 aliphatic rings. The molecule has 0 spiro atoms. The molecule has 0 bridgehead atoms. The molecule has 0 saturated carbocycles. The van der Waals surface area contributed by atoms with Gasteiger partial charge in [-0.3, -0.25) is 4.98 Å². The highest BCUT2D eigenvalue weighted by Gasteiger charge is 2.10. The Balaban J connectivity index is 1.91. The molecule has 2 aromatic heterocycles. The van der Waals surface area contributed by atoms with Crippen LogP contribution in [0.3, 0.4) is 0 Å². The number of hydrogen-bond acceptors (Lipinski definition) is 4. The van der Waals surface area contributed by atoms with Gasteiger partial charge in [-0.1, -0.05) is 6.07 Å². The molecule has 2 rings (SSSR count). The zero-order valence-corrected chi connectivity index (χ0v) is 9.47. The molecule has 0 saturated heterocycles. The third-order valence-corrected chi connectivity index (χ3v) is 2.34. The van der Waals surface area contributed by atoms with Crippen molar-refractivity contribution in [1.29, 1.82) is 0 Å². The molecule has 1 N–H and O–H groups in total. The van der Waals surface area contributed by atoms with Crippen molar-refractivity contribution in [3.05, 3.63) is 47.9 Å². The Kier molecular flexibility index (Phi) is 3.31. The summed E-state index contributed by atoms with van der Waals surface area (Å²) < 4.78 is 5.44. The van der Waals surface area contributed by atoms with Crippen LogP contribution in [-0.4, -0.2) is 9.97 Å². The number of aryl methyl sites for hydroxylation is 1. The van der Waals surface area contributed by atoms with Gasteiger partial charge < -0.3 is 9.73 Å². The van der Waals surface area contributed by atoms with Gasteiger partial charge in [-0.25, -0.2) is 4.98 Å². The highest BCUT2D eigenvalue weighted by Crippen LogP contribution is 2.12. The second-order valence-electron chi connectivity index (χ2n) is 3.77. The maximum atomic E-state index is 5.44. The molecule has 0 aliphatic carbocycles. The third-order valence-electron chi connectivity index (χ3n) is 2.34. The molecular weight excluding hydrogens is 202 g/mol. The van der Waals surface area contributed by atoms with Gasteiger partial charge in [0.2, 0.25) is 5.89 Å². The van der Waals surface area contributed by atoms with Crippen LogP contribution in [0.2, 0.25) is 0 Å². The van der Waals surface area contributed by atoms with Gasteiger partial charge in [-0.05, 0) is 25.5 Å². The molecule has 84 valence electrons. The average molecular weight is 217 g/mol. The molecule has 1 unspecified atom stereocenters. The normalized spacial score (nSPS) is 12.6. The van der Waals surface area contributed by atoms with E-state index in [1.54, 1.807) is 12.4 Å². The minimum atomic E-state index is 0.105. The van der Waals surface area contributed by atoms with E-state index in [1.165, 1.54) is 0 Å². The summed E-state index contributed by atoms with van der Waals surface area (Å²) in [6.07, 6.45) is 5.35. The summed E-state index contributed by atoms with van der Waals surface area (Å²) in [5.41, 5.74) is 1.15. The predicted octanol–water partition coefficient (Wildman–Crippen LogP) is 2.23. The number of pyridine rings is 1. The fraction of sp³-hybridized carbons (Fsp3) is 0.333. The fourth-order valence-corrected chi connectivity index (χ4v) is 1.43. The van der Waals surface area contributed by atoms with Gasteiger partial charge >= 0.3 is 0 Å². The maximum Gasteiger partial charge on any atom is 0.211 e. The molecular formula is C12H15N3O. The molecule has 0 radical (unpaired) electrons. The van der Waals surface area contributed by atoms with Crippen LogP contribution in [0.25, 0.3) is 0 Å². The standard InChI is InChI=1S/C12H15N3O/c1-9-6-15-12(16-9)10(2)14-8-11-4-3-5-13-7-11/h3-7,10,14H,8H2,1-2H3. The first kappa shape index (κ1) is 10.8. The average Bonchev–Trinajstić information content (AvgIpc) is 2.74. The topological polar surface area (TPSA) is 51.0 Å². The van der Waals surface area contributed by atoms with E-state index in [-0.39, 0.29) is 6.04 Å². The largest absolute Gasteiger partial charge is 0.444 e. The zero-order valence-electron chi connectivity index (χ0n) is 9.47. The van der Waals surface area contributed by atoms with E-state index in [0.29, 0.717) is 0 Å². The molecule has 0 amide bonds. The second kappa shape index (κ2) is 4.90. The van der Waals surface area contributed by atoms with Crippen LogP contribution in [0.15, 0.2) is 35.1 Å². The van der Waals surface area contributed by atoms with Crippen molar-refractivity contribution >= 4 is 0 Å². The van der Waals surface area contributed by atoms with Crippen LogP contribution in [0.1, 0.15) is 30.2 Å². The Morgan fingerprint density at radius 1 is 1.44 bits per heavy atom. The SMILES string of the molecule is Cc1cnc(C(C)NCc2cccnc2)o1. The van der Waals surface area contributed by atoms with Gasteiger partial charge in [-0.15, -0.1) is 0 Å². The van der Waals surface area contributed by atoms with E-state index in [9.17, 15) is 0 Å². The first-order valence-corrected chi connectivity index (χ1v) is 5.30. The molecule has 4 nitrogen and oxygen atoms in total. The summed E-state index contributed by atoms with van der Waals surface area (Å²) in [5.74, 6) is 1.56. The minimum absolute atomic E-state index is 0.105. The van der Waals surface area contributed by atoms with E-state index in [4.69, 9.17) is 4.42 Å². The molecule has 0 fully saturated rings. The highest BCUT2D eigenvalue weighted by atomic mass is 16.4. The maximum absolute atomic E-state index is 5.44. The van der Waals surface area contributed by atoms with Gasteiger partial charge in [0, 0.05) is 18.9 Å². The minimum Gasteiger partial charge on any atom is -0.444 e. The Hall–Kier alpha value is -1.68. The second-order valence-corrected chi connectivity index (χ2v) is 3.77. The van der Waals surface area contributed by atoms with E-state index in [2.05, 4.69) is 15.3 Å². The van der Waals surface area contributed by atoms with Gasteiger partial charge in [0.05, 0.1) is 12.2 Å². The molecule has 2 aromatic rings. The van der Waals surface area contributed by atoms with E-state index in [1.807, 2.05) is 32.2 Å². The van der Waals surface area contributed by atoms with Gasteiger partial charge in [-0.2, -0.15) is 0 Å². The van der Waals surface area contributed by atoms with Crippen molar-refractivity contribution in [3.8, 4) is 0 Å². The summed E-state index contributed by atoms with van der Waals surface area (Å²) >= 11 is 0. The van der Waals surface area contributed by atoms with Gasteiger partial charge in [0.15, 0.2) is 0 Å². The van der Waals surface area contributed by atoms with Crippen molar-refractivity contribution in [2.24, 2.45) is 0 Å². The van der Waals surface area contributed by atoms with E-state index < -0.39 is 0 Å². The quantitative estimate of drug-likeness (QED) is 0.853. The fourth-order valence-electron chi connectivity index (χ4n) is 1.43. The smallest absolute Gasteiger partial charge is 0.211 e. The van der Waals surface area contributed by atoms with Crippen LogP contribution in [-0.2, 0) is 6.54 Å². The third kappa shape index (κ3) is 2.67. The number of rotatable bonds is 4. The lowest BCUT2D eigenvalue weighted by atomic mass is 10.2. The zero-order chi connectivity index (χ0) is 11.4. The lowest BCUT2D eigenvalue weighted by molar-refractivity contribution is 0.402. The summed E-state index contributed by atoms with van der Waals surface area (Å²) in [5, 5.41) is 3.33. The van der Waals surface area contributed by atoms with Crippen molar-refractivity contribution in [2.45, 2.75) is 26.4 Å². The Labute approximate surface area is 94.7 Å². The summed E-state index contributed by atoms with van der Waals surface area (Å²) in [6, 6.07) is 4.07.